The molecule has 0 aromatic heterocycles. The van der Waals surface area contributed by atoms with E-state index in [9.17, 15) is 9.18 Å². The Morgan fingerprint density at radius 2 is 2.40 bits per heavy atom. The van der Waals surface area contributed by atoms with Gasteiger partial charge in [-0.1, -0.05) is 11.6 Å². The molecule has 110 valence electrons. The van der Waals surface area contributed by atoms with Crippen LogP contribution in [0.5, 0.6) is 0 Å². The summed E-state index contributed by atoms with van der Waals surface area (Å²) in [4.78, 5) is 13.7. The van der Waals surface area contributed by atoms with Crippen LogP contribution in [-0.4, -0.2) is 38.3 Å². The molecular weight excluding hydrogens is 283 g/mol. The number of amides is 1. The Kier molecular flexibility index (Phi) is 5.20. The van der Waals surface area contributed by atoms with Crippen molar-refractivity contribution in [3.05, 3.63) is 29.0 Å². The van der Waals surface area contributed by atoms with Crippen molar-refractivity contribution < 1.29 is 13.9 Å². The number of hydrogen-bond acceptors (Lipinski definition) is 3. The van der Waals surface area contributed by atoms with Crippen LogP contribution < -0.4 is 10.2 Å². The smallest absolute Gasteiger partial charge is 0.246 e. The number of ether oxygens (including phenoxy) is 1. The third-order valence-corrected chi connectivity index (χ3v) is 3.55. The quantitative estimate of drug-likeness (QED) is 0.906. The Bertz CT molecular complexity index is 484. The summed E-state index contributed by atoms with van der Waals surface area (Å²) in [5.74, 6) is -0.521. The molecule has 6 heteroatoms. The SMILES string of the molecule is CCOCC(=O)N[C@@H]1CCN(c2ccc(F)c(Cl)c2)C1. The fourth-order valence-corrected chi connectivity index (χ4v) is 2.43. The van der Waals surface area contributed by atoms with Gasteiger partial charge in [0, 0.05) is 31.4 Å². The van der Waals surface area contributed by atoms with Gasteiger partial charge in [-0.15, -0.1) is 0 Å². The molecule has 1 aliphatic rings. The highest BCUT2D eigenvalue weighted by molar-refractivity contribution is 6.31. The number of rotatable bonds is 5. The van der Waals surface area contributed by atoms with E-state index in [2.05, 4.69) is 10.2 Å². The predicted octanol–water partition coefficient (Wildman–Crippen LogP) is 2.21. The summed E-state index contributed by atoms with van der Waals surface area (Å²) in [6, 6.07) is 4.76. The lowest BCUT2D eigenvalue weighted by atomic mass is 10.2. The lowest BCUT2D eigenvalue weighted by Crippen LogP contribution is -2.39. The van der Waals surface area contributed by atoms with Crippen molar-refractivity contribution in [3.8, 4) is 0 Å². The number of carbonyl (C=O) groups excluding carboxylic acids is 1. The van der Waals surface area contributed by atoms with Gasteiger partial charge in [-0.3, -0.25) is 4.79 Å². The van der Waals surface area contributed by atoms with Crippen molar-refractivity contribution >= 4 is 23.2 Å². The van der Waals surface area contributed by atoms with E-state index in [1.54, 1.807) is 12.1 Å². The van der Waals surface area contributed by atoms with Gasteiger partial charge in [0.2, 0.25) is 5.91 Å². The summed E-state index contributed by atoms with van der Waals surface area (Å²) < 4.78 is 18.2. The van der Waals surface area contributed by atoms with Crippen LogP contribution in [0.4, 0.5) is 10.1 Å². The van der Waals surface area contributed by atoms with E-state index in [0.717, 1.165) is 18.7 Å². The maximum absolute atomic E-state index is 13.1. The van der Waals surface area contributed by atoms with Crippen molar-refractivity contribution in [2.24, 2.45) is 0 Å². The highest BCUT2D eigenvalue weighted by Crippen LogP contribution is 2.25. The summed E-state index contributed by atoms with van der Waals surface area (Å²) in [6.45, 7) is 3.97. The first kappa shape index (κ1) is 15.1. The molecule has 0 bridgehead atoms. The number of hydrogen-bond donors (Lipinski definition) is 1. The van der Waals surface area contributed by atoms with E-state index in [4.69, 9.17) is 16.3 Å². The largest absolute Gasteiger partial charge is 0.372 e. The molecule has 1 amide bonds. The number of halogens is 2. The minimum Gasteiger partial charge on any atom is -0.372 e. The summed E-state index contributed by atoms with van der Waals surface area (Å²) >= 11 is 5.78. The van der Waals surface area contributed by atoms with Gasteiger partial charge in [0.05, 0.1) is 5.02 Å². The molecule has 0 saturated carbocycles. The van der Waals surface area contributed by atoms with Gasteiger partial charge in [0.25, 0.3) is 0 Å². The van der Waals surface area contributed by atoms with E-state index < -0.39 is 5.82 Å². The Morgan fingerprint density at radius 1 is 1.60 bits per heavy atom. The van der Waals surface area contributed by atoms with Crippen molar-refractivity contribution in [2.75, 3.05) is 31.2 Å². The third-order valence-electron chi connectivity index (χ3n) is 3.26. The molecule has 0 aliphatic carbocycles. The van der Waals surface area contributed by atoms with E-state index in [0.29, 0.717) is 13.2 Å². The number of nitrogens with zero attached hydrogens (tertiary/aromatic N) is 1. The molecule has 1 aliphatic heterocycles. The van der Waals surface area contributed by atoms with E-state index in [1.165, 1.54) is 6.07 Å². The minimum absolute atomic E-state index is 0.0896. The molecular formula is C14H18ClFN2O2. The Morgan fingerprint density at radius 3 is 3.10 bits per heavy atom. The Labute approximate surface area is 122 Å². The molecule has 1 N–H and O–H groups in total. The second kappa shape index (κ2) is 6.90. The first-order valence-electron chi connectivity index (χ1n) is 6.67. The molecule has 1 atom stereocenters. The van der Waals surface area contributed by atoms with Crippen LogP contribution in [0.3, 0.4) is 0 Å². The van der Waals surface area contributed by atoms with Gasteiger partial charge >= 0.3 is 0 Å². The fourth-order valence-electron chi connectivity index (χ4n) is 2.26. The first-order valence-corrected chi connectivity index (χ1v) is 7.05. The van der Waals surface area contributed by atoms with E-state index in [1.807, 2.05) is 6.92 Å². The summed E-state index contributed by atoms with van der Waals surface area (Å²) in [7, 11) is 0. The average molecular weight is 301 g/mol. The van der Waals surface area contributed by atoms with Crippen LogP contribution in [0.1, 0.15) is 13.3 Å². The molecule has 2 rings (SSSR count). The van der Waals surface area contributed by atoms with Crippen molar-refractivity contribution in [1.29, 1.82) is 0 Å². The van der Waals surface area contributed by atoms with Gasteiger partial charge in [-0.05, 0) is 31.5 Å². The number of anilines is 1. The van der Waals surface area contributed by atoms with E-state index >= 15 is 0 Å². The number of nitrogens with one attached hydrogen (secondary N) is 1. The molecule has 1 fully saturated rings. The minimum atomic E-state index is -0.420. The molecule has 4 nitrogen and oxygen atoms in total. The molecule has 1 aromatic rings. The molecule has 0 radical (unpaired) electrons. The fraction of sp³-hybridized carbons (Fsp3) is 0.500. The molecule has 0 unspecified atom stereocenters. The summed E-state index contributed by atoms with van der Waals surface area (Å²) in [6.07, 6.45) is 0.854. The highest BCUT2D eigenvalue weighted by Gasteiger charge is 2.24. The zero-order valence-corrected chi connectivity index (χ0v) is 12.1. The van der Waals surface area contributed by atoms with Crippen LogP contribution in [0.2, 0.25) is 5.02 Å². The Balaban J connectivity index is 1.88. The van der Waals surface area contributed by atoms with Crippen molar-refractivity contribution in [2.45, 2.75) is 19.4 Å². The van der Waals surface area contributed by atoms with Gasteiger partial charge in [0.1, 0.15) is 12.4 Å². The maximum atomic E-state index is 13.1. The second-order valence-corrected chi connectivity index (χ2v) is 5.14. The van der Waals surface area contributed by atoms with Crippen LogP contribution in [0.25, 0.3) is 0 Å². The third kappa shape index (κ3) is 3.84. The first-order chi connectivity index (χ1) is 9.60. The zero-order chi connectivity index (χ0) is 14.5. The zero-order valence-electron chi connectivity index (χ0n) is 11.4. The normalized spacial score (nSPS) is 18.4. The van der Waals surface area contributed by atoms with Crippen molar-refractivity contribution in [1.82, 2.24) is 5.32 Å². The molecule has 1 aromatic carbocycles. The van der Waals surface area contributed by atoms with Crippen LogP contribution in [0.15, 0.2) is 18.2 Å². The lowest BCUT2D eigenvalue weighted by molar-refractivity contribution is -0.126. The van der Waals surface area contributed by atoms with Gasteiger partial charge < -0.3 is 15.0 Å². The maximum Gasteiger partial charge on any atom is 0.246 e. The van der Waals surface area contributed by atoms with E-state index in [-0.39, 0.29) is 23.6 Å². The monoisotopic (exact) mass is 300 g/mol. The molecule has 1 heterocycles. The average Bonchev–Trinajstić information content (AvgIpc) is 2.88. The van der Waals surface area contributed by atoms with Crippen LogP contribution >= 0.6 is 11.6 Å². The highest BCUT2D eigenvalue weighted by atomic mass is 35.5. The predicted molar refractivity (Wildman–Crippen MR) is 76.7 cm³/mol. The van der Waals surface area contributed by atoms with Gasteiger partial charge in [-0.25, -0.2) is 4.39 Å². The van der Waals surface area contributed by atoms with Crippen LogP contribution in [-0.2, 0) is 9.53 Å². The second-order valence-electron chi connectivity index (χ2n) is 4.73. The van der Waals surface area contributed by atoms with Gasteiger partial charge in [-0.2, -0.15) is 0 Å². The summed E-state index contributed by atoms with van der Waals surface area (Å²) in [5.41, 5.74) is 0.873. The van der Waals surface area contributed by atoms with Crippen molar-refractivity contribution in [3.63, 3.8) is 0 Å². The van der Waals surface area contributed by atoms with Crippen LogP contribution in [0, 0.1) is 5.82 Å². The summed E-state index contributed by atoms with van der Waals surface area (Å²) in [5, 5.41) is 3.04. The lowest BCUT2D eigenvalue weighted by Gasteiger charge is -2.19. The topological polar surface area (TPSA) is 41.6 Å². The molecule has 0 spiro atoms. The molecule has 1 saturated heterocycles. The standard InChI is InChI=1S/C14H18ClFN2O2/c1-2-20-9-14(19)17-10-5-6-18(8-10)11-3-4-13(16)12(15)7-11/h3-4,7,10H,2,5-6,8-9H2,1H3,(H,17,19)/t10-/m1/s1. The molecule has 20 heavy (non-hydrogen) atoms. The Hall–Kier alpha value is -1.33. The van der Waals surface area contributed by atoms with Gasteiger partial charge in [0.15, 0.2) is 0 Å². The number of carbonyl (C=O) groups is 1. The number of benzene rings is 1.